The highest BCUT2D eigenvalue weighted by Gasteiger charge is 1.97. The first-order valence-electron chi connectivity index (χ1n) is 6.54. The van der Waals surface area contributed by atoms with Gasteiger partial charge in [0.25, 0.3) is 0 Å². The maximum atomic E-state index is 11.6. The molecule has 0 aliphatic carbocycles. The fraction of sp³-hybridized carbons (Fsp3) is 0.118. The Bertz CT molecular complexity index is 659. The van der Waals surface area contributed by atoms with Gasteiger partial charge in [0.15, 0.2) is 0 Å². The van der Waals surface area contributed by atoms with Gasteiger partial charge >= 0.3 is 6.03 Å². The Morgan fingerprint density at radius 2 is 1.86 bits per heavy atom. The molecule has 0 spiro atoms. The Balaban J connectivity index is 1.72. The van der Waals surface area contributed by atoms with Crippen molar-refractivity contribution in [2.24, 2.45) is 0 Å². The molecule has 0 aliphatic heterocycles. The van der Waals surface area contributed by atoms with Crippen molar-refractivity contribution >= 4 is 17.6 Å². The molecule has 0 fully saturated rings. The number of urea groups is 1. The van der Waals surface area contributed by atoms with E-state index in [1.54, 1.807) is 12.1 Å². The van der Waals surface area contributed by atoms with Crippen LogP contribution in [-0.2, 0) is 6.54 Å². The lowest BCUT2D eigenvalue weighted by atomic mass is 10.2. The molecule has 3 nitrogen and oxygen atoms in total. The zero-order chi connectivity index (χ0) is 14.9. The summed E-state index contributed by atoms with van der Waals surface area (Å²) in [6, 6.07) is 16.8. The van der Waals surface area contributed by atoms with Gasteiger partial charge in [-0.2, -0.15) is 0 Å². The first-order valence-corrected chi connectivity index (χ1v) is 6.92. The Kier molecular flexibility index (Phi) is 5.69. The van der Waals surface area contributed by atoms with Gasteiger partial charge in [-0.1, -0.05) is 59.8 Å². The van der Waals surface area contributed by atoms with Gasteiger partial charge in [-0.25, -0.2) is 4.79 Å². The molecule has 106 valence electrons. The molecule has 2 amide bonds. The predicted octanol–water partition coefficient (Wildman–Crippen LogP) is 3.19. The molecule has 0 heterocycles. The van der Waals surface area contributed by atoms with Gasteiger partial charge in [-0.3, -0.25) is 0 Å². The fourth-order valence-corrected chi connectivity index (χ4v) is 1.87. The van der Waals surface area contributed by atoms with E-state index in [1.807, 2.05) is 42.5 Å². The predicted molar refractivity (Wildman–Crippen MR) is 85.0 cm³/mol. The average Bonchev–Trinajstić information content (AvgIpc) is 2.51. The maximum absolute atomic E-state index is 11.6. The average molecular weight is 299 g/mol. The Morgan fingerprint density at radius 1 is 1.05 bits per heavy atom. The van der Waals surface area contributed by atoms with E-state index in [9.17, 15) is 4.79 Å². The summed E-state index contributed by atoms with van der Waals surface area (Å²) >= 11 is 5.86. The number of hydrogen-bond acceptors (Lipinski definition) is 1. The van der Waals surface area contributed by atoms with Crippen molar-refractivity contribution in [2.75, 3.05) is 6.54 Å². The third-order valence-electron chi connectivity index (χ3n) is 2.69. The summed E-state index contributed by atoms with van der Waals surface area (Å²) in [5.41, 5.74) is 1.88. The minimum absolute atomic E-state index is 0.237. The number of benzene rings is 2. The quantitative estimate of drug-likeness (QED) is 0.840. The van der Waals surface area contributed by atoms with Crippen molar-refractivity contribution in [3.63, 3.8) is 0 Å². The van der Waals surface area contributed by atoms with Crippen LogP contribution in [0.3, 0.4) is 0 Å². The first kappa shape index (κ1) is 15.0. The fourth-order valence-electron chi connectivity index (χ4n) is 1.68. The van der Waals surface area contributed by atoms with Crippen LogP contribution in [0.15, 0.2) is 54.6 Å². The van der Waals surface area contributed by atoms with Crippen LogP contribution >= 0.6 is 11.6 Å². The largest absolute Gasteiger partial charge is 0.334 e. The highest BCUT2D eigenvalue weighted by atomic mass is 35.5. The molecule has 0 atom stereocenters. The molecule has 4 heteroatoms. The standard InChI is InChI=1S/C17H15ClN2O/c18-16-10-4-8-14(12-16)9-5-11-19-17(21)20-13-15-6-2-1-3-7-15/h1-4,6-8,10,12H,11,13H2,(H2,19,20,21). The van der Waals surface area contributed by atoms with Crippen LogP contribution in [0.4, 0.5) is 4.79 Å². The number of amides is 2. The second kappa shape index (κ2) is 7.98. The third-order valence-corrected chi connectivity index (χ3v) is 2.93. The van der Waals surface area contributed by atoms with E-state index in [-0.39, 0.29) is 12.6 Å². The molecule has 0 unspecified atom stereocenters. The molecule has 21 heavy (non-hydrogen) atoms. The summed E-state index contributed by atoms with van der Waals surface area (Å²) in [6.07, 6.45) is 0. The SMILES string of the molecule is O=C(NCC#Cc1cccc(Cl)c1)NCc1ccccc1. The van der Waals surface area contributed by atoms with Gasteiger partial charge in [0.05, 0.1) is 6.54 Å². The van der Waals surface area contributed by atoms with Crippen LogP contribution in [0.25, 0.3) is 0 Å². The Labute approximate surface area is 129 Å². The van der Waals surface area contributed by atoms with Gasteiger partial charge in [0.2, 0.25) is 0 Å². The van der Waals surface area contributed by atoms with Gasteiger partial charge in [0.1, 0.15) is 0 Å². The van der Waals surface area contributed by atoms with E-state index in [4.69, 9.17) is 11.6 Å². The molecule has 2 N–H and O–H groups in total. The Hall–Kier alpha value is -2.44. The minimum atomic E-state index is -0.237. The van der Waals surface area contributed by atoms with Crippen LogP contribution < -0.4 is 10.6 Å². The zero-order valence-electron chi connectivity index (χ0n) is 11.4. The van der Waals surface area contributed by atoms with Crippen molar-refractivity contribution in [3.8, 4) is 11.8 Å². The molecule has 0 saturated heterocycles. The summed E-state index contributed by atoms with van der Waals surface area (Å²) in [5, 5.41) is 6.10. The van der Waals surface area contributed by atoms with Crippen LogP contribution in [0.5, 0.6) is 0 Å². The third kappa shape index (κ3) is 5.60. The van der Waals surface area contributed by atoms with E-state index in [0.29, 0.717) is 11.6 Å². The van der Waals surface area contributed by atoms with Crippen molar-refractivity contribution in [2.45, 2.75) is 6.54 Å². The molecule has 0 aromatic heterocycles. The second-order valence-corrected chi connectivity index (χ2v) is 4.77. The molecular formula is C17H15ClN2O. The van der Waals surface area contributed by atoms with Crippen LogP contribution in [-0.4, -0.2) is 12.6 Å². The number of carbonyl (C=O) groups excluding carboxylic acids is 1. The van der Waals surface area contributed by atoms with Crippen LogP contribution in [0.2, 0.25) is 5.02 Å². The topological polar surface area (TPSA) is 41.1 Å². The summed E-state index contributed by atoms with van der Waals surface area (Å²) in [7, 11) is 0. The zero-order valence-corrected chi connectivity index (χ0v) is 12.2. The molecule has 0 saturated carbocycles. The number of halogens is 1. The van der Waals surface area contributed by atoms with E-state index in [1.165, 1.54) is 0 Å². The maximum Gasteiger partial charge on any atom is 0.315 e. The highest BCUT2D eigenvalue weighted by molar-refractivity contribution is 6.30. The van der Waals surface area contributed by atoms with E-state index in [0.717, 1.165) is 11.1 Å². The number of rotatable bonds is 3. The van der Waals surface area contributed by atoms with Crippen molar-refractivity contribution in [3.05, 3.63) is 70.7 Å². The van der Waals surface area contributed by atoms with Crippen LogP contribution in [0.1, 0.15) is 11.1 Å². The van der Waals surface area contributed by atoms with Gasteiger partial charge in [0, 0.05) is 17.1 Å². The number of carbonyl (C=O) groups is 1. The molecule has 0 bridgehead atoms. The minimum Gasteiger partial charge on any atom is -0.334 e. The lowest BCUT2D eigenvalue weighted by molar-refractivity contribution is 0.241. The number of nitrogens with one attached hydrogen (secondary N) is 2. The summed E-state index contributed by atoms with van der Waals surface area (Å²) in [5.74, 6) is 5.82. The highest BCUT2D eigenvalue weighted by Crippen LogP contribution is 2.09. The van der Waals surface area contributed by atoms with Gasteiger partial charge < -0.3 is 10.6 Å². The lowest BCUT2D eigenvalue weighted by Gasteiger charge is -2.04. The normalized spacial score (nSPS) is 9.38. The molecule has 0 aliphatic rings. The van der Waals surface area contributed by atoms with E-state index >= 15 is 0 Å². The second-order valence-electron chi connectivity index (χ2n) is 4.33. The van der Waals surface area contributed by atoms with Gasteiger partial charge in [-0.15, -0.1) is 0 Å². The lowest BCUT2D eigenvalue weighted by Crippen LogP contribution is -2.35. The smallest absolute Gasteiger partial charge is 0.315 e. The molecule has 2 aromatic rings. The van der Waals surface area contributed by atoms with Crippen molar-refractivity contribution in [1.29, 1.82) is 0 Å². The van der Waals surface area contributed by atoms with Gasteiger partial charge in [-0.05, 0) is 23.8 Å². The molecule has 2 aromatic carbocycles. The van der Waals surface area contributed by atoms with Crippen molar-refractivity contribution < 1.29 is 4.79 Å². The molecule has 2 rings (SSSR count). The molecule has 0 radical (unpaired) electrons. The summed E-state index contributed by atoms with van der Waals surface area (Å²) in [4.78, 5) is 11.6. The number of hydrogen-bond donors (Lipinski definition) is 2. The monoisotopic (exact) mass is 298 g/mol. The van der Waals surface area contributed by atoms with Crippen LogP contribution in [0, 0.1) is 11.8 Å². The van der Waals surface area contributed by atoms with Crippen molar-refractivity contribution in [1.82, 2.24) is 10.6 Å². The summed E-state index contributed by atoms with van der Waals surface area (Å²) in [6.45, 7) is 0.779. The Morgan fingerprint density at radius 3 is 2.62 bits per heavy atom. The molecular weight excluding hydrogens is 284 g/mol. The van der Waals surface area contributed by atoms with E-state index in [2.05, 4.69) is 22.5 Å². The van der Waals surface area contributed by atoms with E-state index < -0.39 is 0 Å². The summed E-state index contributed by atoms with van der Waals surface area (Å²) < 4.78 is 0. The first-order chi connectivity index (χ1) is 10.2.